The molecule has 0 amide bonds. The van der Waals surface area contributed by atoms with E-state index in [1.807, 2.05) is 0 Å². The second kappa shape index (κ2) is 22.0. The second-order valence-corrected chi connectivity index (χ2v) is 4.57. The summed E-state index contributed by atoms with van der Waals surface area (Å²) in [7, 11) is 0. The third kappa shape index (κ3) is 18.4. The molecule has 0 rings (SSSR count). The van der Waals surface area contributed by atoms with Gasteiger partial charge in [0.2, 0.25) is 0 Å². The van der Waals surface area contributed by atoms with Crippen molar-refractivity contribution in [3.63, 3.8) is 0 Å². The van der Waals surface area contributed by atoms with Gasteiger partial charge in [0.15, 0.2) is 0 Å². The zero-order valence-electron chi connectivity index (χ0n) is 19.5. The first-order chi connectivity index (χ1) is 9.62. The van der Waals surface area contributed by atoms with Gasteiger partial charge in [-0.25, -0.2) is 0 Å². The number of aliphatic carboxylic acids is 4. The van der Waals surface area contributed by atoms with E-state index in [-0.39, 0.29) is 148 Å². The van der Waals surface area contributed by atoms with Crippen LogP contribution in [0.1, 0.15) is 25.0 Å². The van der Waals surface area contributed by atoms with E-state index in [1.165, 1.54) is 0 Å². The molecule has 0 aliphatic heterocycles. The molecule has 10 nitrogen and oxygen atoms in total. The number of nitrogens with one attached hydrogen (secondary N) is 1. The number of nitrogens with two attached hydrogens (primary N) is 1. The Bertz CT molecular complexity index is 445. The van der Waals surface area contributed by atoms with Gasteiger partial charge in [-0.05, 0) is 6.54 Å². The Hall–Kier alpha value is 2.32. The maximum atomic E-state index is 11.0. The van der Waals surface area contributed by atoms with Gasteiger partial charge in [0.05, 0.1) is 25.8 Å². The fraction of sp³-hybridized carbons (Fsp3) is 0.636. The van der Waals surface area contributed by atoms with Gasteiger partial charge < -0.3 is 31.9 Å². The van der Waals surface area contributed by atoms with Crippen LogP contribution < -0.4 is 129 Å². The number of carboxylic acid groups (broad SMARTS) is 4. The summed E-state index contributed by atoms with van der Waals surface area (Å²) in [5.41, 5.74) is 3.67. The topological polar surface area (TPSA) is 187 Å². The largest absolute Gasteiger partial charge is 1.00 e. The van der Waals surface area contributed by atoms with Gasteiger partial charge in [-0.15, -0.1) is 0 Å². The predicted molar refractivity (Wildman–Crippen MR) is 72.1 cm³/mol. The van der Waals surface area contributed by atoms with Gasteiger partial charge in [-0.2, -0.15) is 0 Å². The summed E-state index contributed by atoms with van der Waals surface area (Å²) in [5, 5.41) is 37.7. The Morgan fingerprint density at radius 1 is 0.846 bits per heavy atom. The van der Waals surface area contributed by atoms with Crippen LogP contribution in [0.2, 0.25) is 0 Å². The van der Waals surface area contributed by atoms with Crippen molar-refractivity contribution in [1.82, 2.24) is 5.32 Å². The molecule has 0 aromatic heterocycles. The molecule has 136 valence electrons. The normalized spacial score (nSPS) is 10.2. The quantitative estimate of drug-likeness (QED) is 0.162. The molecule has 0 heterocycles. The molecule has 0 saturated heterocycles. The zero-order chi connectivity index (χ0) is 16.6. The molecule has 0 radical (unpaired) electrons. The first-order valence-corrected chi connectivity index (χ1v) is 5.95. The monoisotopic (exact) mass is 458 g/mol. The molecule has 26 heavy (non-hydrogen) atoms. The van der Waals surface area contributed by atoms with Gasteiger partial charge in [0, 0.05) is 28.5 Å². The van der Waals surface area contributed by atoms with Gasteiger partial charge >= 0.3 is 142 Å². The third-order valence-electron chi connectivity index (χ3n) is 3.01. The maximum absolute atomic E-state index is 11.0. The number of hydrogen-bond acceptors (Lipinski definition) is 6. The Kier molecular flexibility index (Phi) is 35.9. The summed E-state index contributed by atoms with van der Waals surface area (Å²) in [4.78, 5) is 43.4. The minimum atomic E-state index is -1.76. The van der Waals surface area contributed by atoms with Crippen LogP contribution in [0.15, 0.2) is 0 Å². The molecule has 7 N–H and O–H groups in total. The van der Waals surface area contributed by atoms with Crippen LogP contribution in [0.25, 0.3) is 0 Å². The minimum absolute atomic E-state index is 0. The van der Waals surface area contributed by atoms with Gasteiger partial charge in [0.25, 0.3) is 0 Å². The van der Waals surface area contributed by atoms with E-state index < -0.39 is 61.1 Å². The van der Waals surface area contributed by atoms with Crippen LogP contribution in [-0.4, -0.2) is 62.9 Å². The summed E-state index contributed by atoms with van der Waals surface area (Å²) in [6, 6.07) is 0. The van der Waals surface area contributed by atoms with Crippen molar-refractivity contribution < 1.29 is 181 Å². The smallest absolute Gasteiger partial charge is 1.00 e. The summed E-state index contributed by atoms with van der Waals surface area (Å²) in [6.07, 6.45) is -2.10. The van der Waals surface area contributed by atoms with Crippen molar-refractivity contribution in [3.05, 3.63) is 0 Å². The van der Waals surface area contributed by atoms with Gasteiger partial charge in [-0.3, -0.25) is 24.5 Å². The van der Waals surface area contributed by atoms with E-state index in [4.69, 9.17) is 26.2 Å². The minimum Gasteiger partial charge on any atom is -1.00 e. The average molecular weight is 458 g/mol. The molecule has 0 fully saturated rings. The van der Waals surface area contributed by atoms with Crippen molar-refractivity contribution in [1.29, 1.82) is 0 Å². The van der Waals surface area contributed by atoms with Crippen LogP contribution in [0.3, 0.4) is 0 Å². The van der Waals surface area contributed by atoms with Crippen molar-refractivity contribution in [2.24, 2.45) is 11.7 Å². The van der Waals surface area contributed by atoms with E-state index >= 15 is 0 Å². The molecule has 0 aliphatic carbocycles. The molecular formula is C11H22FeN2Na4O8. The molecule has 0 bridgehead atoms. The van der Waals surface area contributed by atoms with Gasteiger partial charge in [0.1, 0.15) is 0 Å². The second-order valence-electron chi connectivity index (χ2n) is 4.57. The fourth-order valence-corrected chi connectivity index (χ4v) is 2.13. The first-order valence-electron chi connectivity index (χ1n) is 5.95. The molecule has 0 aromatic carbocycles. The Morgan fingerprint density at radius 2 is 1.23 bits per heavy atom. The molecular weight excluding hydrogens is 436 g/mol. The van der Waals surface area contributed by atoms with Gasteiger partial charge in [-0.1, -0.05) is 0 Å². The number of carbonyl (C=O) groups is 4. The molecule has 1 unspecified atom stereocenters. The summed E-state index contributed by atoms with van der Waals surface area (Å²) >= 11 is 0. The summed E-state index contributed by atoms with van der Waals surface area (Å²) in [6.45, 7) is -1.02. The average Bonchev–Trinajstić information content (AvgIpc) is 2.31. The van der Waals surface area contributed by atoms with Crippen LogP contribution in [-0.2, 0) is 36.2 Å². The molecule has 0 saturated carbocycles. The number of hydrogen-bond donors (Lipinski definition) is 6. The van der Waals surface area contributed by atoms with Crippen LogP contribution in [0, 0.1) is 5.92 Å². The van der Waals surface area contributed by atoms with Crippen LogP contribution in [0.5, 0.6) is 0 Å². The third-order valence-corrected chi connectivity index (χ3v) is 3.01. The first kappa shape index (κ1) is 42.4. The summed E-state index contributed by atoms with van der Waals surface area (Å²) in [5.74, 6) is -6.46. The van der Waals surface area contributed by atoms with E-state index in [0.717, 1.165) is 0 Å². The molecule has 0 aromatic rings. The SMILES string of the molecule is NCC(CC(=O)O)C(CC(=O)O)(CC(=O)O)NCC(=O)O.[Fe].[H-].[H-].[H-].[H-].[Na+].[Na+].[Na+].[Na+]. The van der Waals surface area contributed by atoms with Crippen LogP contribution in [0.4, 0.5) is 0 Å². The predicted octanol–water partition coefficient (Wildman–Crippen LogP) is -13.1. The van der Waals surface area contributed by atoms with E-state index in [1.54, 1.807) is 0 Å². The fourth-order valence-electron chi connectivity index (χ4n) is 2.13. The van der Waals surface area contributed by atoms with E-state index in [9.17, 15) is 19.2 Å². The Morgan fingerprint density at radius 3 is 1.46 bits per heavy atom. The Balaban J connectivity index is -0.0000000556. The van der Waals surface area contributed by atoms with Crippen molar-refractivity contribution in [2.75, 3.05) is 13.1 Å². The standard InChI is InChI=1S/C11H18N2O8.Fe.4Na.4H/c12-4-6(1-7(14)15)11(2-8(16)17,3-9(18)19)13-5-10(20)21;;;;;;;;;/h6,13H,1-5,12H2,(H,14,15)(H,16,17)(H,18,19)(H,20,21);;;;;;;;;/q;;4*+1;4*-1. The Labute approximate surface area is 255 Å². The maximum Gasteiger partial charge on any atom is 1.00 e. The van der Waals surface area contributed by atoms with Crippen molar-refractivity contribution in [2.45, 2.75) is 24.8 Å². The number of carboxylic acids is 4. The van der Waals surface area contributed by atoms with E-state index in [0.29, 0.717) is 0 Å². The number of rotatable bonds is 11. The molecule has 1 atom stereocenters. The van der Waals surface area contributed by atoms with E-state index in [2.05, 4.69) is 5.32 Å². The zero-order valence-corrected chi connectivity index (χ0v) is 24.6. The molecule has 0 aliphatic rings. The van der Waals surface area contributed by atoms with Crippen molar-refractivity contribution in [3.8, 4) is 0 Å². The summed E-state index contributed by atoms with van der Waals surface area (Å²) < 4.78 is 0. The molecule has 15 heteroatoms. The van der Waals surface area contributed by atoms with Crippen molar-refractivity contribution >= 4 is 23.9 Å². The molecule has 0 spiro atoms. The van der Waals surface area contributed by atoms with Crippen LogP contribution >= 0.6 is 0 Å².